The van der Waals surface area contributed by atoms with Crippen molar-refractivity contribution in [2.75, 3.05) is 26.2 Å². The van der Waals surface area contributed by atoms with Crippen LogP contribution in [0.15, 0.2) is 83.3 Å². The van der Waals surface area contributed by atoms with E-state index in [2.05, 4.69) is 103 Å². The molecule has 5 nitrogen and oxygen atoms in total. The van der Waals surface area contributed by atoms with Crippen LogP contribution in [0.25, 0.3) is 32.7 Å². The third-order valence-corrected chi connectivity index (χ3v) is 7.68. The van der Waals surface area contributed by atoms with Crippen molar-refractivity contribution < 1.29 is 5.11 Å². The molecule has 35 heavy (non-hydrogen) atoms. The first kappa shape index (κ1) is 22.7. The molecule has 2 aromatic heterocycles. The van der Waals surface area contributed by atoms with Crippen LogP contribution < -0.4 is 0 Å². The molecular weight excluding hydrogens is 500 g/mol. The van der Waals surface area contributed by atoms with Crippen LogP contribution in [-0.4, -0.2) is 56.7 Å². The Balaban J connectivity index is 1.26. The molecule has 5 aromatic rings. The summed E-state index contributed by atoms with van der Waals surface area (Å²) in [4.78, 5) is 9.77. The molecule has 0 spiro atoms. The van der Waals surface area contributed by atoms with Gasteiger partial charge in [0.15, 0.2) is 0 Å². The minimum Gasteiger partial charge on any atom is -0.390 e. The van der Waals surface area contributed by atoms with Crippen molar-refractivity contribution in [1.29, 1.82) is 0 Å². The second-order valence-corrected chi connectivity index (χ2v) is 10.4. The first-order valence-corrected chi connectivity index (χ1v) is 13.0. The Bertz CT molecular complexity index is 1500. The summed E-state index contributed by atoms with van der Waals surface area (Å²) in [6.45, 7) is 6.44. The minimum atomic E-state index is -0.508. The summed E-state index contributed by atoms with van der Waals surface area (Å²) in [5.41, 5.74) is 4.48. The molecule has 6 rings (SSSR count). The van der Waals surface area contributed by atoms with Crippen LogP contribution in [0.3, 0.4) is 0 Å². The normalized spacial score (nSPS) is 17.3. The van der Waals surface area contributed by atoms with Gasteiger partial charge in [0.05, 0.1) is 28.3 Å². The maximum absolute atomic E-state index is 11.0. The van der Waals surface area contributed by atoms with Crippen molar-refractivity contribution in [2.24, 2.45) is 0 Å². The first-order valence-electron chi connectivity index (χ1n) is 12.3. The Morgan fingerprint density at radius 1 is 0.857 bits per heavy atom. The Hall–Kier alpha value is -2.77. The summed E-state index contributed by atoms with van der Waals surface area (Å²) in [5.74, 6) is 0. The Labute approximate surface area is 213 Å². The SMILES string of the molecule is CC(O)C(N1CCN(Cc2ccc3ccccc3n2)CC1)n1c2ccccc2c2cc(Br)ccc21. The van der Waals surface area contributed by atoms with Gasteiger partial charge in [0.1, 0.15) is 6.17 Å². The van der Waals surface area contributed by atoms with Crippen molar-refractivity contribution in [3.63, 3.8) is 0 Å². The van der Waals surface area contributed by atoms with Gasteiger partial charge < -0.3 is 9.67 Å². The monoisotopic (exact) mass is 528 g/mol. The van der Waals surface area contributed by atoms with Crippen molar-refractivity contribution >= 4 is 48.6 Å². The van der Waals surface area contributed by atoms with Gasteiger partial charge in [-0.25, -0.2) is 0 Å². The highest BCUT2D eigenvalue weighted by Gasteiger charge is 2.30. The fourth-order valence-electron chi connectivity index (χ4n) is 5.56. The molecule has 2 atom stereocenters. The summed E-state index contributed by atoms with van der Waals surface area (Å²) in [6.07, 6.45) is -0.633. The van der Waals surface area contributed by atoms with E-state index in [0.717, 1.165) is 59.4 Å². The maximum Gasteiger partial charge on any atom is 0.113 e. The lowest BCUT2D eigenvalue weighted by atomic mass is 10.2. The molecule has 1 fully saturated rings. The van der Waals surface area contributed by atoms with Gasteiger partial charge in [-0.3, -0.25) is 14.8 Å². The van der Waals surface area contributed by atoms with E-state index in [9.17, 15) is 5.11 Å². The number of halogens is 1. The first-order chi connectivity index (χ1) is 17.1. The van der Waals surface area contributed by atoms with Crippen LogP contribution in [0.4, 0.5) is 0 Å². The number of aliphatic hydroxyl groups is 1. The molecule has 3 heterocycles. The van der Waals surface area contributed by atoms with Gasteiger partial charge in [0.2, 0.25) is 0 Å². The van der Waals surface area contributed by atoms with Crippen molar-refractivity contribution in [2.45, 2.75) is 25.7 Å². The molecule has 1 N–H and O–H groups in total. The van der Waals surface area contributed by atoms with Crippen LogP contribution in [0.5, 0.6) is 0 Å². The van der Waals surface area contributed by atoms with Gasteiger partial charge in [-0.05, 0) is 43.3 Å². The average molecular weight is 529 g/mol. The summed E-state index contributed by atoms with van der Waals surface area (Å²) in [7, 11) is 0. The summed E-state index contributed by atoms with van der Waals surface area (Å²) >= 11 is 3.64. The van der Waals surface area contributed by atoms with Crippen LogP contribution in [-0.2, 0) is 6.54 Å². The molecule has 0 aliphatic carbocycles. The molecule has 2 unspecified atom stereocenters. The lowest BCUT2D eigenvalue weighted by Crippen LogP contribution is -2.50. The number of nitrogens with zero attached hydrogens (tertiary/aromatic N) is 4. The fraction of sp³-hybridized carbons (Fsp3) is 0.276. The van der Waals surface area contributed by atoms with Crippen molar-refractivity contribution in [1.82, 2.24) is 19.4 Å². The van der Waals surface area contributed by atoms with Gasteiger partial charge in [0, 0.05) is 53.4 Å². The summed E-state index contributed by atoms with van der Waals surface area (Å²) in [5, 5.41) is 14.6. The third-order valence-electron chi connectivity index (χ3n) is 7.19. The Morgan fingerprint density at radius 2 is 1.60 bits per heavy atom. The van der Waals surface area contributed by atoms with E-state index in [-0.39, 0.29) is 6.17 Å². The zero-order valence-corrected chi connectivity index (χ0v) is 21.4. The number of rotatable bonds is 5. The zero-order chi connectivity index (χ0) is 23.9. The van der Waals surface area contributed by atoms with Gasteiger partial charge in [0.25, 0.3) is 0 Å². The average Bonchev–Trinajstić information content (AvgIpc) is 3.18. The molecule has 0 amide bonds. The highest BCUT2D eigenvalue weighted by Crippen LogP contribution is 2.36. The summed E-state index contributed by atoms with van der Waals surface area (Å²) in [6, 6.07) is 27.5. The van der Waals surface area contributed by atoms with Crippen LogP contribution >= 0.6 is 15.9 Å². The molecule has 1 aliphatic rings. The van der Waals surface area contributed by atoms with Crippen molar-refractivity contribution in [3.05, 3.63) is 89.0 Å². The maximum atomic E-state index is 11.0. The molecule has 178 valence electrons. The molecule has 1 saturated heterocycles. The van der Waals surface area contributed by atoms with Crippen LogP contribution in [0.2, 0.25) is 0 Å². The van der Waals surface area contributed by atoms with E-state index < -0.39 is 6.10 Å². The van der Waals surface area contributed by atoms with E-state index in [1.807, 2.05) is 13.0 Å². The fourth-order valence-corrected chi connectivity index (χ4v) is 5.92. The smallest absolute Gasteiger partial charge is 0.113 e. The highest BCUT2D eigenvalue weighted by atomic mass is 79.9. The number of para-hydroxylation sites is 2. The zero-order valence-electron chi connectivity index (χ0n) is 19.8. The van der Waals surface area contributed by atoms with Gasteiger partial charge in [-0.2, -0.15) is 0 Å². The minimum absolute atomic E-state index is 0.125. The predicted octanol–water partition coefficient (Wildman–Crippen LogP) is 5.80. The molecule has 0 radical (unpaired) electrons. The largest absolute Gasteiger partial charge is 0.390 e. The van der Waals surface area contributed by atoms with E-state index in [4.69, 9.17) is 4.98 Å². The number of piperazine rings is 1. The Morgan fingerprint density at radius 3 is 2.43 bits per heavy atom. The number of aromatic nitrogens is 2. The van der Waals surface area contributed by atoms with Crippen LogP contribution in [0.1, 0.15) is 18.8 Å². The van der Waals surface area contributed by atoms with Gasteiger partial charge >= 0.3 is 0 Å². The Kier molecular flexibility index (Phi) is 6.06. The molecule has 1 aliphatic heterocycles. The topological polar surface area (TPSA) is 44.5 Å². The lowest BCUT2D eigenvalue weighted by Gasteiger charge is -2.41. The lowest BCUT2D eigenvalue weighted by molar-refractivity contribution is -0.00697. The third kappa shape index (κ3) is 4.25. The molecule has 0 bridgehead atoms. The molecule has 3 aromatic carbocycles. The van der Waals surface area contributed by atoms with Crippen molar-refractivity contribution in [3.8, 4) is 0 Å². The van der Waals surface area contributed by atoms with E-state index in [1.165, 1.54) is 16.2 Å². The van der Waals surface area contributed by atoms with Gasteiger partial charge in [-0.1, -0.05) is 58.4 Å². The number of pyridine rings is 1. The highest BCUT2D eigenvalue weighted by molar-refractivity contribution is 9.10. The quantitative estimate of drug-likeness (QED) is 0.313. The van der Waals surface area contributed by atoms with E-state index in [1.54, 1.807) is 0 Å². The van der Waals surface area contributed by atoms with Crippen LogP contribution in [0, 0.1) is 0 Å². The number of aliphatic hydroxyl groups excluding tert-OH is 1. The molecule has 0 saturated carbocycles. The van der Waals surface area contributed by atoms with E-state index >= 15 is 0 Å². The number of fused-ring (bicyclic) bond motifs is 4. The van der Waals surface area contributed by atoms with E-state index in [0.29, 0.717) is 0 Å². The second kappa shape index (κ2) is 9.36. The molecule has 6 heteroatoms. The standard InChI is InChI=1S/C29H29BrN4O/c1-20(35)29(34-27-9-5-3-7-24(27)25-18-22(30)11-13-28(25)34)33-16-14-32(15-17-33)19-23-12-10-21-6-2-4-8-26(21)31-23/h2-13,18,20,29,35H,14-17,19H2,1H3. The number of benzene rings is 3. The summed E-state index contributed by atoms with van der Waals surface area (Å²) < 4.78 is 3.40. The van der Waals surface area contributed by atoms with Gasteiger partial charge in [-0.15, -0.1) is 0 Å². The number of hydrogen-bond donors (Lipinski definition) is 1. The predicted molar refractivity (Wildman–Crippen MR) is 146 cm³/mol. The number of hydrogen-bond acceptors (Lipinski definition) is 4. The molecular formula is C29H29BrN4O. The second-order valence-electron chi connectivity index (χ2n) is 9.51.